The Kier molecular flexibility index (Phi) is 21.4. The Morgan fingerprint density at radius 2 is 1.06 bits per heavy atom. The van der Waals surface area contributed by atoms with E-state index in [4.69, 9.17) is 0 Å². The van der Waals surface area contributed by atoms with Gasteiger partial charge in [0, 0.05) is 0 Å². The fourth-order valence-electron chi connectivity index (χ4n) is 0.490. The largest absolute Gasteiger partial charge is 2.00 e. The molecule has 17 heavy (non-hydrogen) atoms. The van der Waals surface area contributed by atoms with Gasteiger partial charge in [-0.1, -0.05) is 36.5 Å². The van der Waals surface area contributed by atoms with Gasteiger partial charge < -0.3 is 19.8 Å². The predicted octanol–water partition coefficient (Wildman–Crippen LogP) is -0.265. The van der Waals surface area contributed by atoms with Gasteiger partial charge in [0.1, 0.15) is 0 Å². The molecule has 0 unspecified atom stereocenters. The zero-order valence-electron chi connectivity index (χ0n) is 9.96. The van der Waals surface area contributed by atoms with Gasteiger partial charge in [-0.15, -0.1) is 0 Å². The summed E-state index contributed by atoms with van der Waals surface area (Å²) in [6.45, 7) is 3.61. The molecule has 5 heteroatoms. The number of hydrogen-bond acceptors (Lipinski definition) is 4. The van der Waals surface area contributed by atoms with E-state index >= 15 is 0 Å². The summed E-state index contributed by atoms with van der Waals surface area (Å²) in [4.78, 5) is 19.3. The van der Waals surface area contributed by atoms with E-state index in [0.29, 0.717) is 0 Å². The number of aliphatic carboxylic acids is 2. The number of carboxylic acids is 2. The molecule has 0 saturated heterocycles. The Morgan fingerprint density at radius 1 is 0.765 bits per heavy atom. The van der Waals surface area contributed by atoms with Gasteiger partial charge in [-0.2, -0.15) is 0 Å². The van der Waals surface area contributed by atoms with Crippen LogP contribution >= 0.6 is 0 Å². The van der Waals surface area contributed by atoms with Crippen LogP contribution in [0.3, 0.4) is 0 Å². The van der Waals surface area contributed by atoms with Crippen molar-refractivity contribution in [3.8, 4) is 0 Å². The van der Waals surface area contributed by atoms with Gasteiger partial charge in [0.25, 0.3) is 0 Å². The molecule has 0 aliphatic heterocycles. The van der Waals surface area contributed by atoms with Crippen molar-refractivity contribution in [1.82, 2.24) is 0 Å². The molecule has 88 valence electrons. The molecular formula is C12H14CdO4. The van der Waals surface area contributed by atoms with Gasteiger partial charge >= 0.3 is 27.3 Å². The summed E-state index contributed by atoms with van der Waals surface area (Å²) in [6, 6.07) is 0. The molecule has 4 nitrogen and oxygen atoms in total. The minimum atomic E-state index is -1.16. The molecule has 0 aromatic rings. The van der Waals surface area contributed by atoms with Gasteiger partial charge in [0.2, 0.25) is 0 Å². The number of allylic oxidation sites excluding steroid dienone is 6. The molecule has 0 rings (SSSR count). The maximum absolute atomic E-state index is 9.64. The normalized spacial score (nSPS) is 10.5. The average molecular weight is 335 g/mol. The predicted molar refractivity (Wildman–Crippen MR) is 57.9 cm³/mol. The van der Waals surface area contributed by atoms with Crippen molar-refractivity contribution in [2.24, 2.45) is 0 Å². The van der Waals surface area contributed by atoms with Crippen LogP contribution in [0.15, 0.2) is 48.6 Å². The van der Waals surface area contributed by atoms with Crippen LogP contribution in [0.25, 0.3) is 0 Å². The fraction of sp³-hybridized carbons (Fsp3) is 0.167. The zero-order chi connectivity index (χ0) is 12.8. The van der Waals surface area contributed by atoms with Gasteiger partial charge in [-0.25, -0.2) is 0 Å². The Hall–Kier alpha value is -1.18. The SMILES string of the molecule is C/C=C/C=C/C(=O)[O-].C/C=C/C=C/C(=O)[O-].[Cd+2]. The number of carbonyl (C=O) groups is 2. The molecule has 0 amide bonds. The number of rotatable bonds is 4. The zero-order valence-corrected chi connectivity index (χ0v) is 14.0. The Balaban J connectivity index is -0.000000218. The van der Waals surface area contributed by atoms with Crippen LogP contribution in [0.2, 0.25) is 0 Å². The Bertz CT molecular complexity index is 282. The molecule has 0 atom stereocenters. The minimum absolute atomic E-state index is 0. The molecule has 0 aliphatic carbocycles. The molecule has 0 aromatic heterocycles. The summed E-state index contributed by atoms with van der Waals surface area (Å²) in [5.41, 5.74) is 0. The Morgan fingerprint density at radius 3 is 1.24 bits per heavy atom. The van der Waals surface area contributed by atoms with Crippen molar-refractivity contribution < 1.29 is 47.1 Å². The van der Waals surface area contributed by atoms with Crippen molar-refractivity contribution >= 4 is 11.9 Å². The van der Waals surface area contributed by atoms with E-state index in [1.165, 1.54) is 12.2 Å². The summed E-state index contributed by atoms with van der Waals surface area (Å²) in [6.07, 6.45) is 11.5. The van der Waals surface area contributed by atoms with Crippen molar-refractivity contribution in [3.05, 3.63) is 48.6 Å². The van der Waals surface area contributed by atoms with E-state index in [0.717, 1.165) is 12.2 Å². The van der Waals surface area contributed by atoms with Crippen molar-refractivity contribution in [2.75, 3.05) is 0 Å². The molecule has 0 bridgehead atoms. The van der Waals surface area contributed by atoms with Gasteiger partial charge in [0.15, 0.2) is 0 Å². The smallest absolute Gasteiger partial charge is 0.545 e. The topological polar surface area (TPSA) is 80.3 Å². The summed E-state index contributed by atoms with van der Waals surface area (Å²) in [5.74, 6) is -2.33. The van der Waals surface area contributed by atoms with Crippen LogP contribution in [0.4, 0.5) is 0 Å². The standard InChI is InChI=1S/2C6H8O2.Cd/c2*1-2-3-4-5-6(7)8;/h2*2-5H,1H3,(H,7,8);/q;;+2/p-2/b2*3-2+,5-4+;. The summed E-state index contributed by atoms with van der Waals surface area (Å²) >= 11 is 0. The van der Waals surface area contributed by atoms with E-state index in [1.54, 1.807) is 38.2 Å². The van der Waals surface area contributed by atoms with E-state index in [-0.39, 0.29) is 27.3 Å². The monoisotopic (exact) mass is 336 g/mol. The maximum Gasteiger partial charge on any atom is 2.00 e. The van der Waals surface area contributed by atoms with Gasteiger partial charge in [-0.3, -0.25) is 0 Å². The second kappa shape index (κ2) is 17.2. The third-order valence-corrected chi connectivity index (χ3v) is 1.07. The van der Waals surface area contributed by atoms with Crippen LogP contribution < -0.4 is 10.2 Å². The number of hydrogen-bond donors (Lipinski definition) is 0. The molecule has 0 aromatic carbocycles. The molecular weight excluding hydrogens is 321 g/mol. The third-order valence-electron chi connectivity index (χ3n) is 1.07. The fourth-order valence-corrected chi connectivity index (χ4v) is 0.490. The molecule has 0 aliphatic rings. The van der Waals surface area contributed by atoms with Crippen LogP contribution in [0.1, 0.15) is 13.8 Å². The summed E-state index contributed by atoms with van der Waals surface area (Å²) in [5, 5.41) is 19.3. The number of carbonyl (C=O) groups excluding carboxylic acids is 2. The second-order valence-electron chi connectivity index (χ2n) is 2.41. The molecule has 0 radical (unpaired) electrons. The molecule has 0 N–H and O–H groups in total. The summed E-state index contributed by atoms with van der Waals surface area (Å²) in [7, 11) is 0. The molecule has 0 heterocycles. The first-order valence-corrected chi connectivity index (χ1v) is 4.55. The minimum Gasteiger partial charge on any atom is -0.545 e. The van der Waals surface area contributed by atoms with Crippen LogP contribution in [-0.2, 0) is 36.9 Å². The van der Waals surface area contributed by atoms with E-state index < -0.39 is 11.9 Å². The number of carboxylic acid groups (broad SMARTS) is 2. The second-order valence-corrected chi connectivity index (χ2v) is 2.41. The van der Waals surface area contributed by atoms with Crippen molar-refractivity contribution in [2.45, 2.75) is 13.8 Å². The van der Waals surface area contributed by atoms with Gasteiger partial charge in [-0.05, 0) is 26.0 Å². The van der Waals surface area contributed by atoms with Crippen molar-refractivity contribution in [3.63, 3.8) is 0 Å². The van der Waals surface area contributed by atoms with E-state index in [9.17, 15) is 19.8 Å². The van der Waals surface area contributed by atoms with E-state index in [2.05, 4.69) is 0 Å². The van der Waals surface area contributed by atoms with Crippen molar-refractivity contribution in [1.29, 1.82) is 0 Å². The van der Waals surface area contributed by atoms with Gasteiger partial charge in [0.05, 0.1) is 11.9 Å². The first-order valence-electron chi connectivity index (χ1n) is 4.55. The van der Waals surface area contributed by atoms with Crippen LogP contribution in [-0.4, -0.2) is 11.9 Å². The van der Waals surface area contributed by atoms with Crippen LogP contribution in [0.5, 0.6) is 0 Å². The molecule has 0 fully saturated rings. The van der Waals surface area contributed by atoms with E-state index in [1.807, 2.05) is 0 Å². The quantitative estimate of drug-likeness (QED) is 0.403. The molecule has 0 saturated carbocycles. The first-order chi connectivity index (χ1) is 7.54. The van der Waals surface area contributed by atoms with Crippen LogP contribution in [0, 0.1) is 0 Å². The third kappa shape index (κ3) is 31.3. The average Bonchev–Trinajstić information content (AvgIpc) is 2.18. The maximum atomic E-state index is 9.64. The first kappa shape index (κ1) is 21.1. The Labute approximate surface area is 121 Å². The molecule has 0 spiro atoms. The summed E-state index contributed by atoms with van der Waals surface area (Å²) < 4.78 is 0.